The van der Waals surface area contributed by atoms with Crippen molar-refractivity contribution in [3.8, 4) is 0 Å². The second-order valence-electron chi connectivity index (χ2n) is 4.18. The average molecular weight is 274 g/mol. The van der Waals surface area contributed by atoms with Crippen molar-refractivity contribution in [2.45, 2.75) is 32.7 Å². The van der Waals surface area contributed by atoms with Crippen LogP contribution in [0.4, 0.5) is 18.9 Å². The van der Waals surface area contributed by atoms with Crippen molar-refractivity contribution in [2.24, 2.45) is 0 Å². The molecule has 0 spiro atoms. The molecule has 0 fully saturated rings. The van der Waals surface area contributed by atoms with E-state index in [0.717, 1.165) is 18.9 Å². The normalized spacial score (nSPS) is 10.6. The quantitative estimate of drug-likeness (QED) is 0.783. The number of carbonyl (C=O) groups excluding carboxylic acids is 1. The molecule has 1 rings (SSSR count). The first-order chi connectivity index (χ1) is 8.97. The standard InChI is InChI=1S/C13H17F3N2O/c1-3-9(4-2)18-12(19)7-17-11-6-8(14)5-10(15)13(11)16/h5-6,9,17H,3-4,7H2,1-2H3,(H,18,19). The topological polar surface area (TPSA) is 41.1 Å². The third-order valence-electron chi connectivity index (χ3n) is 2.78. The van der Waals surface area contributed by atoms with Crippen molar-refractivity contribution in [2.75, 3.05) is 11.9 Å². The van der Waals surface area contributed by atoms with E-state index in [-0.39, 0.29) is 24.2 Å². The zero-order valence-corrected chi connectivity index (χ0v) is 10.9. The lowest BCUT2D eigenvalue weighted by molar-refractivity contribution is -0.120. The highest BCUT2D eigenvalue weighted by atomic mass is 19.2. The highest BCUT2D eigenvalue weighted by molar-refractivity contribution is 5.81. The number of hydrogen-bond acceptors (Lipinski definition) is 2. The Labute approximate surface area is 110 Å². The van der Waals surface area contributed by atoms with Gasteiger partial charge in [-0.05, 0) is 12.8 Å². The highest BCUT2D eigenvalue weighted by Crippen LogP contribution is 2.18. The van der Waals surface area contributed by atoms with Crippen LogP contribution in [0.1, 0.15) is 26.7 Å². The summed E-state index contributed by atoms with van der Waals surface area (Å²) in [6.45, 7) is 3.63. The van der Waals surface area contributed by atoms with Crippen molar-refractivity contribution < 1.29 is 18.0 Å². The minimum Gasteiger partial charge on any atom is -0.374 e. The first-order valence-corrected chi connectivity index (χ1v) is 6.15. The smallest absolute Gasteiger partial charge is 0.239 e. The van der Waals surface area contributed by atoms with Crippen LogP contribution in [0.2, 0.25) is 0 Å². The van der Waals surface area contributed by atoms with Crippen LogP contribution >= 0.6 is 0 Å². The molecule has 0 saturated heterocycles. The lowest BCUT2D eigenvalue weighted by Crippen LogP contribution is -2.37. The van der Waals surface area contributed by atoms with Gasteiger partial charge in [-0.2, -0.15) is 0 Å². The van der Waals surface area contributed by atoms with Gasteiger partial charge in [-0.1, -0.05) is 13.8 Å². The fourth-order valence-electron chi connectivity index (χ4n) is 1.63. The number of amides is 1. The second kappa shape index (κ2) is 7.01. The fraction of sp³-hybridized carbons (Fsp3) is 0.462. The summed E-state index contributed by atoms with van der Waals surface area (Å²) in [7, 11) is 0. The summed E-state index contributed by atoms with van der Waals surface area (Å²) >= 11 is 0. The molecule has 1 aromatic carbocycles. The monoisotopic (exact) mass is 274 g/mol. The number of rotatable bonds is 6. The van der Waals surface area contributed by atoms with Crippen molar-refractivity contribution in [1.29, 1.82) is 0 Å². The zero-order valence-electron chi connectivity index (χ0n) is 10.9. The van der Waals surface area contributed by atoms with Gasteiger partial charge in [0.25, 0.3) is 0 Å². The Morgan fingerprint density at radius 3 is 2.42 bits per heavy atom. The van der Waals surface area contributed by atoms with E-state index >= 15 is 0 Å². The van der Waals surface area contributed by atoms with E-state index in [4.69, 9.17) is 0 Å². The Morgan fingerprint density at radius 2 is 1.84 bits per heavy atom. The van der Waals surface area contributed by atoms with Crippen LogP contribution in [0.25, 0.3) is 0 Å². The van der Waals surface area contributed by atoms with Gasteiger partial charge in [0, 0.05) is 18.2 Å². The van der Waals surface area contributed by atoms with Gasteiger partial charge in [0.1, 0.15) is 5.82 Å². The molecule has 0 aliphatic rings. The van der Waals surface area contributed by atoms with E-state index in [9.17, 15) is 18.0 Å². The molecule has 1 aromatic rings. The molecule has 106 valence electrons. The van der Waals surface area contributed by atoms with Gasteiger partial charge in [-0.3, -0.25) is 4.79 Å². The summed E-state index contributed by atoms with van der Waals surface area (Å²) in [5, 5.41) is 5.10. The lowest BCUT2D eigenvalue weighted by atomic mass is 10.2. The largest absolute Gasteiger partial charge is 0.374 e. The third-order valence-corrected chi connectivity index (χ3v) is 2.78. The Morgan fingerprint density at radius 1 is 1.21 bits per heavy atom. The van der Waals surface area contributed by atoms with Gasteiger partial charge in [-0.25, -0.2) is 13.2 Å². The van der Waals surface area contributed by atoms with E-state index in [1.165, 1.54) is 0 Å². The summed E-state index contributed by atoms with van der Waals surface area (Å²) in [6.07, 6.45) is 1.57. The maximum atomic E-state index is 13.3. The van der Waals surface area contributed by atoms with Crippen LogP contribution in [0.5, 0.6) is 0 Å². The number of hydrogen-bond donors (Lipinski definition) is 2. The van der Waals surface area contributed by atoms with Crippen LogP contribution < -0.4 is 10.6 Å². The first kappa shape index (κ1) is 15.3. The molecule has 3 nitrogen and oxygen atoms in total. The predicted molar refractivity (Wildman–Crippen MR) is 67.3 cm³/mol. The van der Waals surface area contributed by atoms with Crippen LogP contribution in [0.3, 0.4) is 0 Å². The molecule has 0 bridgehead atoms. The molecule has 0 radical (unpaired) electrons. The van der Waals surface area contributed by atoms with E-state index in [1.807, 2.05) is 13.8 Å². The first-order valence-electron chi connectivity index (χ1n) is 6.15. The summed E-state index contributed by atoms with van der Waals surface area (Å²) in [5.41, 5.74) is -0.364. The maximum absolute atomic E-state index is 13.3. The molecule has 0 atom stereocenters. The van der Waals surface area contributed by atoms with E-state index < -0.39 is 17.5 Å². The van der Waals surface area contributed by atoms with Gasteiger partial charge < -0.3 is 10.6 Å². The predicted octanol–water partition coefficient (Wildman–Crippen LogP) is 2.82. The molecule has 0 aliphatic carbocycles. The molecular weight excluding hydrogens is 257 g/mol. The van der Waals surface area contributed by atoms with Crippen molar-refractivity contribution >= 4 is 11.6 Å². The molecule has 0 saturated carbocycles. The van der Waals surface area contributed by atoms with Crippen LogP contribution in [-0.4, -0.2) is 18.5 Å². The van der Waals surface area contributed by atoms with Crippen LogP contribution in [0.15, 0.2) is 12.1 Å². The molecular formula is C13H17F3N2O. The van der Waals surface area contributed by atoms with Gasteiger partial charge in [0.05, 0.1) is 12.2 Å². The summed E-state index contributed by atoms with van der Waals surface area (Å²) < 4.78 is 39.1. The SMILES string of the molecule is CCC(CC)NC(=O)CNc1cc(F)cc(F)c1F. The number of nitrogens with one attached hydrogen (secondary N) is 2. The Balaban J connectivity index is 2.60. The maximum Gasteiger partial charge on any atom is 0.239 e. The van der Waals surface area contributed by atoms with E-state index in [0.29, 0.717) is 6.07 Å². The lowest BCUT2D eigenvalue weighted by Gasteiger charge is -2.15. The van der Waals surface area contributed by atoms with Gasteiger partial charge in [-0.15, -0.1) is 0 Å². The molecule has 0 aliphatic heterocycles. The van der Waals surface area contributed by atoms with E-state index in [1.54, 1.807) is 0 Å². The van der Waals surface area contributed by atoms with Crippen molar-refractivity contribution in [1.82, 2.24) is 5.32 Å². The van der Waals surface area contributed by atoms with E-state index in [2.05, 4.69) is 10.6 Å². The Bertz CT molecular complexity index is 448. The molecule has 0 unspecified atom stereocenters. The molecule has 1 amide bonds. The fourth-order valence-corrected chi connectivity index (χ4v) is 1.63. The number of anilines is 1. The second-order valence-corrected chi connectivity index (χ2v) is 4.18. The van der Waals surface area contributed by atoms with Gasteiger partial charge in [0.15, 0.2) is 11.6 Å². The molecule has 0 aromatic heterocycles. The van der Waals surface area contributed by atoms with Gasteiger partial charge in [0.2, 0.25) is 5.91 Å². The number of carbonyl (C=O) groups is 1. The minimum atomic E-state index is -1.29. The van der Waals surface area contributed by atoms with Crippen LogP contribution in [0, 0.1) is 17.5 Å². The molecule has 0 heterocycles. The number of halogens is 3. The Kier molecular flexibility index (Phi) is 5.66. The molecule has 2 N–H and O–H groups in total. The molecule has 19 heavy (non-hydrogen) atoms. The third kappa shape index (κ3) is 4.46. The summed E-state index contributed by atoms with van der Waals surface area (Å²) in [5.74, 6) is -3.74. The van der Waals surface area contributed by atoms with Crippen molar-refractivity contribution in [3.05, 3.63) is 29.6 Å². The summed E-state index contributed by atoms with van der Waals surface area (Å²) in [4.78, 5) is 11.5. The number of benzene rings is 1. The Hall–Kier alpha value is -1.72. The van der Waals surface area contributed by atoms with Gasteiger partial charge >= 0.3 is 0 Å². The highest BCUT2D eigenvalue weighted by Gasteiger charge is 2.13. The zero-order chi connectivity index (χ0) is 14.4. The minimum absolute atomic E-state index is 0.0448. The molecule has 6 heteroatoms. The van der Waals surface area contributed by atoms with Crippen molar-refractivity contribution in [3.63, 3.8) is 0 Å². The summed E-state index contributed by atoms with van der Waals surface area (Å²) in [6, 6.07) is 1.30. The van der Waals surface area contributed by atoms with Crippen LogP contribution in [-0.2, 0) is 4.79 Å². The average Bonchev–Trinajstić information content (AvgIpc) is 2.38.